The molecule has 1 aromatic heterocycles. The number of piperazine rings is 1. The molecule has 0 saturated carbocycles. The number of amides is 1. The molecule has 1 N–H and O–H groups in total. The van der Waals surface area contributed by atoms with E-state index in [1.54, 1.807) is 17.0 Å². The van der Waals surface area contributed by atoms with Crippen molar-refractivity contribution in [3.8, 4) is 5.75 Å². The Labute approximate surface area is 163 Å². The van der Waals surface area contributed by atoms with Crippen molar-refractivity contribution in [1.29, 1.82) is 0 Å². The molecule has 0 unspecified atom stereocenters. The van der Waals surface area contributed by atoms with Crippen LogP contribution in [0.15, 0.2) is 59.4 Å². The maximum Gasteiger partial charge on any atom is 0.415 e. The van der Waals surface area contributed by atoms with Crippen molar-refractivity contribution in [2.45, 2.75) is 13.5 Å². The average molecular weight is 377 g/mol. The minimum absolute atomic E-state index is 0.0484. The lowest BCUT2D eigenvalue weighted by Crippen LogP contribution is -2.49. The van der Waals surface area contributed by atoms with Crippen LogP contribution in [-0.4, -0.2) is 47.1 Å². The van der Waals surface area contributed by atoms with Crippen LogP contribution >= 0.6 is 0 Å². The minimum atomic E-state index is -0.329. The highest BCUT2D eigenvalue weighted by atomic mass is 16.6. The Bertz CT molecular complexity index is 1040. The molecular formula is C22H23N3O3. The normalized spacial score (nSPS) is 15.0. The van der Waals surface area contributed by atoms with Gasteiger partial charge in [0.1, 0.15) is 5.75 Å². The first-order valence-corrected chi connectivity index (χ1v) is 9.46. The minimum Gasteiger partial charge on any atom is -0.410 e. The van der Waals surface area contributed by atoms with Gasteiger partial charge in [-0.2, -0.15) is 0 Å². The van der Waals surface area contributed by atoms with E-state index in [9.17, 15) is 9.59 Å². The second-order valence-corrected chi connectivity index (χ2v) is 7.11. The number of aromatic amines is 1. The van der Waals surface area contributed by atoms with Crippen LogP contribution in [0.1, 0.15) is 11.1 Å². The molecule has 1 aliphatic heterocycles. The second kappa shape index (κ2) is 7.86. The van der Waals surface area contributed by atoms with Crippen LogP contribution in [0.25, 0.3) is 10.9 Å². The maximum atomic E-state index is 12.5. The third-order valence-corrected chi connectivity index (χ3v) is 5.14. The van der Waals surface area contributed by atoms with Crippen molar-refractivity contribution in [2.24, 2.45) is 0 Å². The van der Waals surface area contributed by atoms with Gasteiger partial charge in [-0.15, -0.1) is 0 Å². The second-order valence-electron chi connectivity index (χ2n) is 7.11. The highest BCUT2D eigenvalue weighted by Crippen LogP contribution is 2.17. The van der Waals surface area contributed by atoms with E-state index >= 15 is 0 Å². The van der Waals surface area contributed by atoms with E-state index in [2.05, 4.69) is 9.88 Å². The van der Waals surface area contributed by atoms with Crippen molar-refractivity contribution in [3.63, 3.8) is 0 Å². The number of aryl methyl sites for hydroxylation is 1. The number of hydrogen-bond donors (Lipinski definition) is 1. The number of pyridine rings is 1. The number of hydrogen-bond acceptors (Lipinski definition) is 4. The number of nitrogens with zero attached hydrogens (tertiary/aromatic N) is 2. The molecule has 1 aliphatic rings. The Morgan fingerprint density at radius 3 is 2.54 bits per heavy atom. The zero-order chi connectivity index (χ0) is 19.5. The number of rotatable bonds is 3. The number of fused-ring (bicyclic) bond motifs is 1. The molecule has 28 heavy (non-hydrogen) atoms. The molecular weight excluding hydrogens is 354 g/mol. The lowest BCUT2D eigenvalue weighted by atomic mass is 10.1. The predicted octanol–water partition coefficient (Wildman–Crippen LogP) is 3.15. The van der Waals surface area contributed by atoms with Crippen LogP contribution in [0, 0.1) is 6.92 Å². The van der Waals surface area contributed by atoms with Crippen LogP contribution in [0.4, 0.5) is 4.79 Å². The molecule has 0 aliphatic carbocycles. The summed E-state index contributed by atoms with van der Waals surface area (Å²) in [6.45, 7) is 5.13. The van der Waals surface area contributed by atoms with E-state index in [1.165, 1.54) is 0 Å². The fourth-order valence-corrected chi connectivity index (χ4v) is 3.53. The van der Waals surface area contributed by atoms with Crippen LogP contribution in [0.3, 0.4) is 0 Å². The van der Waals surface area contributed by atoms with Gasteiger partial charge in [-0.25, -0.2) is 4.79 Å². The van der Waals surface area contributed by atoms with Gasteiger partial charge in [0.25, 0.3) is 5.56 Å². The van der Waals surface area contributed by atoms with Crippen molar-refractivity contribution in [3.05, 3.63) is 76.1 Å². The van der Waals surface area contributed by atoms with Gasteiger partial charge in [-0.05, 0) is 36.1 Å². The highest BCUT2D eigenvalue weighted by Gasteiger charge is 2.23. The summed E-state index contributed by atoms with van der Waals surface area (Å²) in [6, 6.07) is 17.1. The van der Waals surface area contributed by atoms with Gasteiger partial charge >= 0.3 is 6.09 Å². The quantitative estimate of drug-likeness (QED) is 0.762. The highest BCUT2D eigenvalue weighted by molar-refractivity contribution is 5.81. The molecule has 0 spiro atoms. The van der Waals surface area contributed by atoms with Gasteiger partial charge < -0.3 is 14.6 Å². The van der Waals surface area contributed by atoms with Gasteiger partial charge in [0.15, 0.2) is 0 Å². The molecule has 0 bridgehead atoms. The Morgan fingerprint density at radius 1 is 1.04 bits per heavy atom. The number of benzene rings is 2. The lowest BCUT2D eigenvalue weighted by Gasteiger charge is -2.33. The zero-order valence-corrected chi connectivity index (χ0v) is 15.9. The smallest absolute Gasteiger partial charge is 0.410 e. The molecule has 1 fully saturated rings. The monoisotopic (exact) mass is 377 g/mol. The van der Waals surface area contributed by atoms with E-state index in [-0.39, 0.29) is 11.7 Å². The first-order valence-electron chi connectivity index (χ1n) is 9.46. The summed E-state index contributed by atoms with van der Waals surface area (Å²) in [5.41, 5.74) is 2.66. The number of aromatic nitrogens is 1. The fraction of sp³-hybridized carbons (Fsp3) is 0.273. The van der Waals surface area contributed by atoms with E-state index in [1.807, 2.05) is 49.4 Å². The molecule has 0 radical (unpaired) electrons. The fourth-order valence-electron chi connectivity index (χ4n) is 3.53. The zero-order valence-electron chi connectivity index (χ0n) is 15.9. The first-order chi connectivity index (χ1) is 13.6. The number of nitrogens with one attached hydrogen (secondary N) is 1. The summed E-state index contributed by atoms with van der Waals surface area (Å²) in [4.78, 5) is 31.7. The summed E-state index contributed by atoms with van der Waals surface area (Å²) in [6.07, 6.45) is -0.329. The van der Waals surface area contributed by atoms with Gasteiger partial charge in [-0.3, -0.25) is 9.69 Å². The summed E-state index contributed by atoms with van der Waals surface area (Å²) in [7, 11) is 0. The third-order valence-electron chi connectivity index (χ3n) is 5.14. The molecule has 0 atom stereocenters. The molecule has 4 rings (SSSR count). The Hall–Kier alpha value is -3.12. The van der Waals surface area contributed by atoms with Gasteiger partial charge in [0, 0.05) is 38.3 Å². The molecule has 2 aromatic carbocycles. The third kappa shape index (κ3) is 3.92. The van der Waals surface area contributed by atoms with Crippen LogP contribution in [-0.2, 0) is 6.54 Å². The summed E-state index contributed by atoms with van der Waals surface area (Å²) < 4.78 is 5.40. The number of carbonyl (C=O) groups is 1. The molecule has 144 valence electrons. The molecule has 2 heterocycles. The van der Waals surface area contributed by atoms with Crippen LogP contribution in [0.5, 0.6) is 5.75 Å². The summed E-state index contributed by atoms with van der Waals surface area (Å²) >= 11 is 0. The van der Waals surface area contributed by atoms with Crippen molar-refractivity contribution >= 4 is 17.0 Å². The van der Waals surface area contributed by atoms with Gasteiger partial charge in [0.05, 0.1) is 5.52 Å². The maximum absolute atomic E-state index is 12.5. The Morgan fingerprint density at radius 2 is 1.79 bits per heavy atom. The van der Waals surface area contributed by atoms with Gasteiger partial charge in [0.2, 0.25) is 0 Å². The average Bonchev–Trinajstić information content (AvgIpc) is 2.71. The molecule has 1 saturated heterocycles. The van der Waals surface area contributed by atoms with E-state index in [0.717, 1.165) is 22.0 Å². The van der Waals surface area contributed by atoms with Crippen LogP contribution < -0.4 is 10.3 Å². The number of carbonyl (C=O) groups excluding carboxylic acids is 1. The lowest BCUT2D eigenvalue weighted by molar-refractivity contribution is 0.107. The Balaban J connectivity index is 1.38. The number of para-hydroxylation sites is 2. The Kier molecular flexibility index (Phi) is 5.12. The van der Waals surface area contributed by atoms with E-state index in [4.69, 9.17) is 4.74 Å². The van der Waals surface area contributed by atoms with Crippen molar-refractivity contribution in [2.75, 3.05) is 26.2 Å². The first kappa shape index (κ1) is 18.3. The van der Waals surface area contributed by atoms with Gasteiger partial charge in [-0.1, -0.05) is 36.4 Å². The van der Waals surface area contributed by atoms with E-state index < -0.39 is 0 Å². The van der Waals surface area contributed by atoms with Crippen molar-refractivity contribution < 1.29 is 9.53 Å². The van der Waals surface area contributed by atoms with Crippen LogP contribution in [0.2, 0.25) is 0 Å². The molecule has 6 heteroatoms. The molecule has 6 nitrogen and oxygen atoms in total. The topological polar surface area (TPSA) is 65.6 Å². The van der Waals surface area contributed by atoms with E-state index in [0.29, 0.717) is 38.5 Å². The predicted molar refractivity (Wildman–Crippen MR) is 109 cm³/mol. The SMILES string of the molecule is Cc1cccc2cc(CN3CCN(C(=O)Oc4ccccc4)CC3)c(=O)[nH]c12. The summed E-state index contributed by atoms with van der Waals surface area (Å²) in [5.74, 6) is 0.549. The summed E-state index contributed by atoms with van der Waals surface area (Å²) in [5, 5.41) is 1.04. The largest absolute Gasteiger partial charge is 0.415 e. The van der Waals surface area contributed by atoms with Crippen molar-refractivity contribution in [1.82, 2.24) is 14.8 Å². The standard InChI is InChI=1S/C22H23N3O3/c1-16-6-5-7-17-14-18(21(26)23-20(16)17)15-24-10-12-25(13-11-24)22(27)28-19-8-3-2-4-9-19/h2-9,14H,10-13,15H2,1H3,(H,23,26). The molecule has 3 aromatic rings. The number of ether oxygens (including phenoxy) is 1. The molecule has 1 amide bonds. The number of H-pyrrole nitrogens is 1.